The van der Waals surface area contributed by atoms with Gasteiger partial charge >= 0.3 is 5.97 Å². The summed E-state index contributed by atoms with van der Waals surface area (Å²) in [5, 5.41) is 20.6. The van der Waals surface area contributed by atoms with E-state index in [2.05, 4.69) is 10.3 Å². The number of carboxylic acid groups (broad SMARTS) is 1. The molecule has 18 heavy (non-hydrogen) atoms. The van der Waals surface area contributed by atoms with Crippen LogP contribution in [0.5, 0.6) is 0 Å². The number of hydrogen-bond donors (Lipinski definition) is 3. The maximum Gasteiger partial charge on any atom is 0.337 e. The van der Waals surface area contributed by atoms with Crippen LogP contribution in [-0.2, 0) is 6.54 Å². The van der Waals surface area contributed by atoms with Crippen molar-refractivity contribution < 1.29 is 15.0 Å². The third-order valence-corrected chi connectivity index (χ3v) is 2.64. The minimum atomic E-state index is -0.953. The van der Waals surface area contributed by atoms with Gasteiger partial charge in [0.25, 0.3) is 0 Å². The van der Waals surface area contributed by atoms with Crippen molar-refractivity contribution in [3.63, 3.8) is 0 Å². The molecule has 3 N–H and O–H groups in total. The van der Waals surface area contributed by atoms with E-state index in [0.717, 1.165) is 37.9 Å². The average Bonchev–Trinajstić information content (AvgIpc) is 2.38. The van der Waals surface area contributed by atoms with Gasteiger partial charge in [0, 0.05) is 19.3 Å². The number of aliphatic hydroxyl groups is 1. The molecule has 0 aliphatic carbocycles. The lowest BCUT2D eigenvalue weighted by atomic mass is 10.2. The first-order chi connectivity index (χ1) is 8.74. The summed E-state index contributed by atoms with van der Waals surface area (Å²) in [5.41, 5.74) is 1.05. The van der Waals surface area contributed by atoms with Crippen LogP contribution in [0, 0.1) is 0 Å². The summed E-state index contributed by atoms with van der Waals surface area (Å²) >= 11 is 0. The Morgan fingerprint density at radius 3 is 2.61 bits per heavy atom. The molecular weight excluding hydrogens is 232 g/mol. The molecule has 5 nitrogen and oxygen atoms in total. The van der Waals surface area contributed by atoms with Gasteiger partial charge in [-0.25, -0.2) is 4.79 Å². The van der Waals surface area contributed by atoms with Gasteiger partial charge in [-0.1, -0.05) is 12.8 Å². The van der Waals surface area contributed by atoms with Crippen LogP contribution in [-0.4, -0.2) is 34.3 Å². The molecule has 100 valence electrons. The number of pyridine rings is 1. The average molecular weight is 252 g/mol. The van der Waals surface area contributed by atoms with E-state index in [1.165, 1.54) is 6.20 Å². The molecule has 0 aliphatic heterocycles. The molecule has 0 saturated carbocycles. The number of unbranched alkanes of at least 4 members (excludes halogenated alkanes) is 3. The predicted molar refractivity (Wildman–Crippen MR) is 68.5 cm³/mol. The van der Waals surface area contributed by atoms with Gasteiger partial charge in [-0.2, -0.15) is 0 Å². The molecule has 0 fully saturated rings. The largest absolute Gasteiger partial charge is 0.478 e. The molecule has 0 unspecified atom stereocenters. The number of nitrogens with one attached hydrogen (secondary N) is 1. The summed E-state index contributed by atoms with van der Waals surface area (Å²) in [6.45, 7) is 1.83. The molecule has 5 heteroatoms. The van der Waals surface area contributed by atoms with Crippen LogP contribution >= 0.6 is 0 Å². The molecule has 0 amide bonds. The van der Waals surface area contributed by atoms with Crippen LogP contribution < -0.4 is 5.32 Å². The molecule has 1 aromatic rings. The van der Waals surface area contributed by atoms with Gasteiger partial charge < -0.3 is 15.5 Å². The maximum atomic E-state index is 10.6. The molecule has 1 aromatic heterocycles. The monoisotopic (exact) mass is 252 g/mol. The van der Waals surface area contributed by atoms with Crippen molar-refractivity contribution in [1.82, 2.24) is 10.3 Å². The highest BCUT2D eigenvalue weighted by Crippen LogP contribution is 2.01. The Labute approximate surface area is 107 Å². The van der Waals surface area contributed by atoms with E-state index in [1.807, 2.05) is 0 Å². The third-order valence-electron chi connectivity index (χ3n) is 2.64. The summed E-state index contributed by atoms with van der Waals surface area (Å²) in [6.07, 6.45) is 5.49. The molecule has 0 radical (unpaired) electrons. The van der Waals surface area contributed by atoms with Gasteiger partial charge in [0.15, 0.2) is 0 Å². The van der Waals surface area contributed by atoms with Gasteiger partial charge in [0.05, 0.1) is 11.3 Å². The Hall–Kier alpha value is -1.46. The van der Waals surface area contributed by atoms with E-state index in [1.54, 1.807) is 12.1 Å². The molecule has 0 aliphatic rings. The summed E-state index contributed by atoms with van der Waals surface area (Å²) in [7, 11) is 0. The normalized spacial score (nSPS) is 10.5. The second-order valence-corrected chi connectivity index (χ2v) is 4.16. The SMILES string of the molecule is O=C(O)c1ccc(CNCCCCCCO)nc1. The van der Waals surface area contributed by atoms with Crippen LogP contribution in [0.3, 0.4) is 0 Å². The van der Waals surface area contributed by atoms with Crippen molar-refractivity contribution in [3.05, 3.63) is 29.6 Å². The van der Waals surface area contributed by atoms with Gasteiger partial charge in [-0.3, -0.25) is 4.98 Å². The number of rotatable bonds is 9. The van der Waals surface area contributed by atoms with E-state index in [0.29, 0.717) is 6.54 Å². The van der Waals surface area contributed by atoms with E-state index in [-0.39, 0.29) is 12.2 Å². The molecule has 1 heterocycles. The lowest BCUT2D eigenvalue weighted by Gasteiger charge is -2.04. The van der Waals surface area contributed by atoms with Crippen LogP contribution in [0.4, 0.5) is 0 Å². The zero-order valence-electron chi connectivity index (χ0n) is 10.4. The van der Waals surface area contributed by atoms with Gasteiger partial charge in [-0.15, -0.1) is 0 Å². The molecule has 1 rings (SSSR count). The number of aliphatic hydroxyl groups excluding tert-OH is 1. The maximum absolute atomic E-state index is 10.6. The quantitative estimate of drug-likeness (QED) is 0.579. The van der Waals surface area contributed by atoms with Crippen molar-refractivity contribution in [2.75, 3.05) is 13.2 Å². The highest BCUT2D eigenvalue weighted by Gasteiger charge is 2.02. The number of nitrogens with zero attached hydrogens (tertiary/aromatic N) is 1. The number of carboxylic acids is 1. The molecule has 0 saturated heterocycles. The molecule has 0 aromatic carbocycles. The van der Waals surface area contributed by atoms with Crippen molar-refractivity contribution >= 4 is 5.97 Å². The number of hydrogen-bond acceptors (Lipinski definition) is 4. The van der Waals surface area contributed by atoms with Crippen LogP contribution in [0.2, 0.25) is 0 Å². The predicted octanol–water partition coefficient (Wildman–Crippen LogP) is 1.42. The first-order valence-corrected chi connectivity index (χ1v) is 6.24. The Balaban J connectivity index is 2.14. The van der Waals surface area contributed by atoms with Crippen LogP contribution in [0.15, 0.2) is 18.3 Å². The summed E-state index contributed by atoms with van der Waals surface area (Å²) in [6, 6.07) is 3.29. The highest BCUT2D eigenvalue weighted by molar-refractivity contribution is 5.87. The Morgan fingerprint density at radius 2 is 2.00 bits per heavy atom. The third kappa shape index (κ3) is 5.75. The second-order valence-electron chi connectivity index (χ2n) is 4.16. The van der Waals surface area contributed by atoms with E-state index < -0.39 is 5.97 Å². The van der Waals surface area contributed by atoms with Crippen molar-refractivity contribution in [1.29, 1.82) is 0 Å². The zero-order valence-corrected chi connectivity index (χ0v) is 10.4. The standard InChI is InChI=1S/C13H20N2O3/c16-8-4-2-1-3-7-14-10-12-6-5-11(9-15-12)13(17)18/h5-6,9,14,16H,1-4,7-8,10H2,(H,17,18). The second kappa shape index (κ2) is 8.60. The fraction of sp³-hybridized carbons (Fsp3) is 0.538. The molecular formula is C13H20N2O3. The molecule has 0 spiro atoms. The minimum absolute atomic E-state index is 0.211. The smallest absolute Gasteiger partial charge is 0.337 e. The van der Waals surface area contributed by atoms with E-state index in [4.69, 9.17) is 10.2 Å². The summed E-state index contributed by atoms with van der Waals surface area (Å²) in [4.78, 5) is 14.7. The number of aromatic carboxylic acids is 1. The number of carbonyl (C=O) groups is 1. The minimum Gasteiger partial charge on any atom is -0.478 e. The van der Waals surface area contributed by atoms with Gasteiger partial charge in [-0.05, 0) is 31.5 Å². The Kier molecular flexibility index (Phi) is 6.98. The zero-order chi connectivity index (χ0) is 13.2. The Morgan fingerprint density at radius 1 is 1.22 bits per heavy atom. The van der Waals surface area contributed by atoms with E-state index >= 15 is 0 Å². The number of aromatic nitrogens is 1. The lowest BCUT2D eigenvalue weighted by molar-refractivity contribution is 0.0696. The first kappa shape index (κ1) is 14.6. The highest BCUT2D eigenvalue weighted by atomic mass is 16.4. The first-order valence-electron chi connectivity index (χ1n) is 6.24. The lowest BCUT2D eigenvalue weighted by Crippen LogP contribution is -2.15. The molecule has 0 bridgehead atoms. The fourth-order valence-corrected chi connectivity index (χ4v) is 1.59. The van der Waals surface area contributed by atoms with Crippen LogP contribution in [0.1, 0.15) is 41.7 Å². The molecule has 0 atom stereocenters. The fourth-order valence-electron chi connectivity index (χ4n) is 1.59. The summed E-state index contributed by atoms with van der Waals surface area (Å²) < 4.78 is 0. The van der Waals surface area contributed by atoms with Gasteiger partial charge in [0.2, 0.25) is 0 Å². The van der Waals surface area contributed by atoms with Crippen molar-refractivity contribution in [2.24, 2.45) is 0 Å². The van der Waals surface area contributed by atoms with E-state index in [9.17, 15) is 4.79 Å². The summed E-state index contributed by atoms with van der Waals surface area (Å²) in [5.74, 6) is -0.953. The van der Waals surface area contributed by atoms with Crippen molar-refractivity contribution in [3.8, 4) is 0 Å². The van der Waals surface area contributed by atoms with Gasteiger partial charge in [0.1, 0.15) is 0 Å². The van der Waals surface area contributed by atoms with Crippen LogP contribution in [0.25, 0.3) is 0 Å². The Bertz CT molecular complexity index is 352. The van der Waals surface area contributed by atoms with Crippen molar-refractivity contribution in [2.45, 2.75) is 32.2 Å². The topological polar surface area (TPSA) is 82.5 Å².